The predicted octanol–water partition coefficient (Wildman–Crippen LogP) is 2.86. The molecule has 0 aliphatic heterocycles. The predicted molar refractivity (Wildman–Crippen MR) is 106 cm³/mol. The molecule has 1 aromatic carbocycles. The highest BCUT2D eigenvalue weighted by atomic mass is 32.2. The van der Waals surface area contributed by atoms with E-state index in [0.29, 0.717) is 25.1 Å². The van der Waals surface area contributed by atoms with Crippen LogP contribution in [0.15, 0.2) is 53.6 Å². The maximum Gasteiger partial charge on any atom is 0.253 e. The Hall–Kier alpha value is -2.25. The zero-order valence-corrected chi connectivity index (χ0v) is 16.7. The standard InChI is InChI=1S/C20H27N3O3S/c1-3-14-23(15-4-2)20(24)17-8-7-10-19(16-17)27(25,26)22-13-11-18-9-5-6-12-21-18/h5-10,12,16,22H,3-4,11,13-15H2,1-2H3. The molecule has 0 unspecified atom stereocenters. The van der Waals surface area contributed by atoms with Crippen LogP contribution in [0.3, 0.4) is 0 Å². The van der Waals surface area contributed by atoms with Gasteiger partial charge >= 0.3 is 0 Å². The van der Waals surface area contributed by atoms with Crippen molar-refractivity contribution in [3.8, 4) is 0 Å². The second-order valence-electron chi connectivity index (χ2n) is 6.29. The van der Waals surface area contributed by atoms with Crippen LogP contribution in [0.4, 0.5) is 0 Å². The number of amides is 1. The van der Waals surface area contributed by atoms with Gasteiger partial charge in [-0.3, -0.25) is 9.78 Å². The van der Waals surface area contributed by atoms with Gasteiger partial charge in [-0.1, -0.05) is 26.0 Å². The molecule has 0 fully saturated rings. The Morgan fingerprint density at radius 3 is 2.44 bits per heavy atom. The van der Waals surface area contributed by atoms with Crippen molar-refractivity contribution in [1.82, 2.24) is 14.6 Å². The molecule has 0 aliphatic rings. The lowest BCUT2D eigenvalue weighted by Gasteiger charge is -2.21. The van der Waals surface area contributed by atoms with E-state index < -0.39 is 10.0 Å². The fourth-order valence-electron chi connectivity index (χ4n) is 2.78. The molecule has 2 rings (SSSR count). The fourth-order valence-corrected chi connectivity index (χ4v) is 3.85. The average Bonchev–Trinajstić information content (AvgIpc) is 2.68. The van der Waals surface area contributed by atoms with Gasteiger partial charge in [0.25, 0.3) is 5.91 Å². The molecule has 1 amide bonds. The first-order valence-corrected chi connectivity index (χ1v) is 10.7. The highest BCUT2D eigenvalue weighted by molar-refractivity contribution is 7.89. The van der Waals surface area contributed by atoms with E-state index in [1.54, 1.807) is 23.2 Å². The minimum absolute atomic E-state index is 0.0994. The number of nitrogens with one attached hydrogen (secondary N) is 1. The van der Waals surface area contributed by atoms with E-state index in [1.165, 1.54) is 12.1 Å². The summed E-state index contributed by atoms with van der Waals surface area (Å²) in [5.74, 6) is -0.135. The Bertz CT molecular complexity index is 833. The summed E-state index contributed by atoms with van der Waals surface area (Å²) in [5.41, 5.74) is 1.21. The first-order valence-electron chi connectivity index (χ1n) is 9.26. The highest BCUT2D eigenvalue weighted by Gasteiger charge is 2.19. The summed E-state index contributed by atoms with van der Waals surface area (Å²) in [5, 5.41) is 0. The summed E-state index contributed by atoms with van der Waals surface area (Å²) in [6, 6.07) is 11.8. The lowest BCUT2D eigenvalue weighted by Crippen LogP contribution is -2.32. The third kappa shape index (κ3) is 6.15. The first-order chi connectivity index (χ1) is 13.0. The Kier molecular flexibility index (Phi) is 7.94. The summed E-state index contributed by atoms with van der Waals surface area (Å²) >= 11 is 0. The molecule has 1 aromatic heterocycles. The molecule has 0 saturated heterocycles. The Morgan fingerprint density at radius 1 is 1.07 bits per heavy atom. The number of carbonyl (C=O) groups excluding carboxylic acids is 1. The minimum atomic E-state index is -3.69. The van der Waals surface area contributed by atoms with Crippen molar-refractivity contribution in [3.63, 3.8) is 0 Å². The molecular formula is C20H27N3O3S. The molecule has 146 valence electrons. The van der Waals surface area contributed by atoms with E-state index in [9.17, 15) is 13.2 Å². The maximum atomic E-state index is 12.7. The molecule has 0 bridgehead atoms. The molecule has 0 aliphatic carbocycles. The molecule has 0 spiro atoms. The van der Waals surface area contributed by atoms with Crippen LogP contribution in [0.1, 0.15) is 42.7 Å². The van der Waals surface area contributed by atoms with E-state index in [4.69, 9.17) is 0 Å². The fraction of sp³-hybridized carbons (Fsp3) is 0.400. The number of carbonyl (C=O) groups is 1. The number of hydrogen-bond acceptors (Lipinski definition) is 4. The van der Waals surface area contributed by atoms with Crippen LogP contribution < -0.4 is 4.72 Å². The molecule has 0 saturated carbocycles. The topological polar surface area (TPSA) is 79.4 Å². The summed E-state index contributed by atoms with van der Waals surface area (Å²) < 4.78 is 27.7. The summed E-state index contributed by atoms with van der Waals surface area (Å²) in [6.45, 7) is 5.60. The smallest absolute Gasteiger partial charge is 0.253 e. The summed E-state index contributed by atoms with van der Waals surface area (Å²) in [4.78, 5) is 18.7. The van der Waals surface area contributed by atoms with Gasteiger partial charge in [-0.2, -0.15) is 0 Å². The van der Waals surface area contributed by atoms with Gasteiger partial charge in [0.15, 0.2) is 0 Å². The molecule has 7 heteroatoms. The van der Waals surface area contributed by atoms with Crippen LogP contribution in [0.25, 0.3) is 0 Å². The van der Waals surface area contributed by atoms with Crippen molar-refractivity contribution < 1.29 is 13.2 Å². The third-order valence-corrected chi connectivity index (χ3v) is 5.52. The molecule has 27 heavy (non-hydrogen) atoms. The molecular weight excluding hydrogens is 362 g/mol. The number of rotatable bonds is 10. The van der Waals surface area contributed by atoms with Crippen molar-refractivity contribution in [2.45, 2.75) is 38.0 Å². The van der Waals surface area contributed by atoms with Gasteiger partial charge in [0.05, 0.1) is 4.90 Å². The van der Waals surface area contributed by atoms with E-state index in [2.05, 4.69) is 9.71 Å². The second-order valence-corrected chi connectivity index (χ2v) is 8.06. The molecule has 1 heterocycles. The molecule has 0 atom stereocenters. The highest BCUT2D eigenvalue weighted by Crippen LogP contribution is 2.14. The lowest BCUT2D eigenvalue weighted by molar-refractivity contribution is 0.0755. The van der Waals surface area contributed by atoms with E-state index >= 15 is 0 Å². The Balaban J connectivity index is 2.09. The lowest BCUT2D eigenvalue weighted by atomic mass is 10.2. The zero-order valence-electron chi connectivity index (χ0n) is 15.9. The molecule has 1 N–H and O–H groups in total. The van der Waals surface area contributed by atoms with Gasteiger partial charge in [-0.25, -0.2) is 13.1 Å². The van der Waals surface area contributed by atoms with Crippen molar-refractivity contribution in [2.75, 3.05) is 19.6 Å². The van der Waals surface area contributed by atoms with Gasteiger partial charge in [-0.05, 0) is 43.2 Å². The van der Waals surface area contributed by atoms with Gasteiger partial charge < -0.3 is 4.90 Å². The van der Waals surface area contributed by atoms with Gasteiger partial charge in [0.1, 0.15) is 0 Å². The number of nitrogens with zero attached hydrogens (tertiary/aromatic N) is 2. The second kappa shape index (κ2) is 10.2. The maximum absolute atomic E-state index is 12.7. The number of pyridine rings is 1. The van der Waals surface area contributed by atoms with Crippen LogP contribution in [0, 0.1) is 0 Å². The van der Waals surface area contributed by atoms with Gasteiger partial charge in [-0.15, -0.1) is 0 Å². The third-order valence-electron chi connectivity index (χ3n) is 4.06. The SMILES string of the molecule is CCCN(CCC)C(=O)c1cccc(S(=O)(=O)NCCc2ccccn2)c1. The Labute approximate surface area is 161 Å². The average molecular weight is 390 g/mol. The zero-order chi connectivity index (χ0) is 19.7. The normalized spacial score (nSPS) is 11.3. The summed E-state index contributed by atoms with van der Waals surface area (Å²) in [7, 11) is -3.69. The van der Waals surface area contributed by atoms with Crippen LogP contribution in [0.5, 0.6) is 0 Å². The van der Waals surface area contributed by atoms with E-state index in [0.717, 1.165) is 18.5 Å². The number of benzene rings is 1. The molecule has 6 nitrogen and oxygen atoms in total. The number of aromatic nitrogens is 1. The van der Waals surface area contributed by atoms with Crippen molar-refractivity contribution in [3.05, 3.63) is 59.9 Å². The first kappa shape index (κ1) is 21.1. The quantitative estimate of drug-likeness (QED) is 0.678. The van der Waals surface area contributed by atoms with Gasteiger partial charge in [0.2, 0.25) is 10.0 Å². The van der Waals surface area contributed by atoms with Crippen LogP contribution in [-0.2, 0) is 16.4 Å². The Morgan fingerprint density at radius 2 is 1.81 bits per heavy atom. The van der Waals surface area contributed by atoms with E-state index in [1.807, 2.05) is 32.0 Å². The van der Waals surface area contributed by atoms with Crippen LogP contribution in [0.2, 0.25) is 0 Å². The number of hydrogen-bond donors (Lipinski definition) is 1. The molecule has 0 radical (unpaired) electrons. The minimum Gasteiger partial charge on any atom is -0.339 e. The van der Waals surface area contributed by atoms with Crippen molar-refractivity contribution in [2.24, 2.45) is 0 Å². The molecule has 2 aromatic rings. The number of sulfonamides is 1. The van der Waals surface area contributed by atoms with E-state index in [-0.39, 0.29) is 17.3 Å². The van der Waals surface area contributed by atoms with Crippen molar-refractivity contribution in [1.29, 1.82) is 0 Å². The van der Waals surface area contributed by atoms with Crippen molar-refractivity contribution >= 4 is 15.9 Å². The largest absolute Gasteiger partial charge is 0.339 e. The summed E-state index contributed by atoms with van der Waals surface area (Å²) in [6.07, 6.45) is 3.90. The van der Waals surface area contributed by atoms with Crippen LogP contribution in [-0.4, -0.2) is 43.8 Å². The van der Waals surface area contributed by atoms with Gasteiger partial charge in [0, 0.05) is 43.5 Å². The monoisotopic (exact) mass is 389 g/mol. The van der Waals surface area contributed by atoms with Crippen LogP contribution >= 0.6 is 0 Å².